The summed E-state index contributed by atoms with van der Waals surface area (Å²) in [5.74, 6) is 3.23. The van der Waals surface area contributed by atoms with Gasteiger partial charge in [-0.15, -0.1) is 0 Å². The van der Waals surface area contributed by atoms with Gasteiger partial charge in [-0.1, -0.05) is 220 Å². The Labute approximate surface area is 563 Å². The summed E-state index contributed by atoms with van der Waals surface area (Å²) in [5, 5.41) is 2.82. The summed E-state index contributed by atoms with van der Waals surface area (Å²) in [4.78, 5) is 22.6. The highest BCUT2D eigenvalue weighted by atomic mass is 35.5. The van der Waals surface area contributed by atoms with Crippen LogP contribution in [0.25, 0.3) is 0 Å². The fraction of sp³-hybridized carbons (Fsp3) is 0.312. The van der Waals surface area contributed by atoms with E-state index in [1.165, 1.54) is 63.3 Å². The molecule has 0 amide bonds. The third kappa shape index (κ3) is 23.2. The molecule has 0 spiro atoms. The lowest BCUT2D eigenvalue weighted by molar-refractivity contribution is 0.549. The molecule has 0 saturated carbocycles. The first-order valence-corrected chi connectivity index (χ1v) is 32.5. The molecule has 5 atom stereocenters. The van der Waals surface area contributed by atoms with Crippen LogP contribution in [0.3, 0.4) is 0 Å². The van der Waals surface area contributed by atoms with Gasteiger partial charge in [0, 0.05) is 98.6 Å². The fourth-order valence-electron chi connectivity index (χ4n) is 11.1. The quantitative estimate of drug-likeness (QED) is 0.102. The minimum absolute atomic E-state index is 0. The van der Waals surface area contributed by atoms with Gasteiger partial charge in [0.05, 0.1) is 10.0 Å². The maximum atomic E-state index is 13.0. The average Bonchev–Trinajstić information content (AvgIpc) is 3.51. The lowest BCUT2D eigenvalue weighted by Crippen LogP contribution is -2.10. The highest BCUT2D eigenvalue weighted by Crippen LogP contribution is 2.36. The van der Waals surface area contributed by atoms with E-state index in [9.17, 15) is 8.78 Å². The summed E-state index contributed by atoms with van der Waals surface area (Å²) in [6.45, 7) is 30.2. The van der Waals surface area contributed by atoms with Crippen molar-refractivity contribution in [2.45, 2.75) is 134 Å². The van der Waals surface area contributed by atoms with E-state index in [1.807, 2.05) is 110 Å². The summed E-state index contributed by atoms with van der Waals surface area (Å²) in [6, 6.07) is 60.4. The Bertz CT molecular complexity index is 3100. The first-order valence-electron chi connectivity index (χ1n) is 31.0. The second-order valence-electron chi connectivity index (χ2n) is 24.8. The van der Waals surface area contributed by atoms with Crippen LogP contribution in [0.15, 0.2) is 213 Å². The molecule has 10 rings (SSSR count). The Morgan fingerprint density at radius 3 is 0.791 bits per heavy atom. The Morgan fingerprint density at radius 2 is 0.527 bits per heavy atom. The second kappa shape index (κ2) is 36.8. The monoisotopic (exact) mass is 1300 g/mol. The van der Waals surface area contributed by atoms with Crippen molar-refractivity contribution in [1.29, 1.82) is 0 Å². The van der Waals surface area contributed by atoms with Crippen molar-refractivity contribution in [3.05, 3.63) is 323 Å². The van der Waals surface area contributed by atoms with Gasteiger partial charge in [-0.2, -0.15) is 0 Å². The van der Waals surface area contributed by atoms with Crippen LogP contribution in [-0.4, -0.2) is 24.9 Å². The summed E-state index contributed by atoms with van der Waals surface area (Å²) in [5.41, 5.74) is 16.1. The number of aryl methyl sites for hydroxylation is 4. The highest BCUT2D eigenvalue weighted by Gasteiger charge is 2.24. The van der Waals surface area contributed by atoms with E-state index in [0.29, 0.717) is 51.5 Å². The maximum absolute atomic E-state index is 13.0. The van der Waals surface area contributed by atoms with Gasteiger partial charge in [0.2, 0.25) is 0 Å². The predicted octanol–water partition coefficient (Wildman–Crippen LogP) is 24.1. The molecule has 0 bridgehead atoms. The molecule has 5 nitrogen and oxygen atoms in total. The molecule has 91 heavy (non-hydrogen) atoms. The molecule has 0 radical (unpaired) electrons. The van der Waals surface area contributed by atoms with Crippen molar-refractivity contribution in [3.63, 3.8) is 0 Å². The number of hydrogen-bond donors (Lipinski definition) is 0. The lowest BCUT2D eigenvalue weighted by Gasteiger charge is -2.21. The Kier molecular flexibility index (Phi) is 30.2. The number of hydrogen-bond acceptors (Lipinski definition) is 5. The lowest BCUT2D eigenvalue weighted by atomic mass is 9.85. The molecule has 0 aliphatic rings. The highest BCUT2D eigenvalue weighted by molar-refractivity contribution is 6.31. The number of nitrogens with zero attached hydrogens (tertiary/aromatic N) is 5. The molecule has 0 fully saturated rings. The van der Waals surface area contributed by atoms with E-state index < -0.39 is 0 Å². The average molecular weight is 1300 g/mol. The van der Waals surface area contributed by atoms with Crippen molar-refractivity contribution in [2.75, 3.05) is 0 Å². The van der Waals surface area contributed by atoms with Gasteiger partial charge in [-0.3, -0.25) is 24.9 Å². The summed E-state index contributed by atoms with van der Waals surface area (Å²) < 4.78 is 26.0. The van der Waals surface area contributed by atoms with Crippen molar-refractivity contribution in [2.24, 2.45) is 29.6 Å². The van der Waals surface area contributed by atoms with E-state index in [4.69, 9.17) is 46.4 Å². The second-order valence-corrected chi connectivity index (χ2v) is 26.5. The SMILES string of the molecule is C.CC(C)C(c1ccc(Cl)cc1)c1ccc(Cl)cn1.CC(C)C(c1ccc(F)cc1)c1ccc(Cl)cn1.Cc1ccc(C(c2ccc(C)cn2)C(C)C)cc1.Cc1ccc(C(c2ccc(Cl)cc2)C(C)C)nc1.Cc1cccc(C(c2ccc(F)cc2)C(C)C)n1. The minimum Gasteiger partial charge on any atom is -0.260 e. The molecule has 478 valence electrons. The zero-order chi connectivity index (χ0) is 65.6. The number of benzene rings is 5. The van der Waals surface area contributed by atoms with E-state index in [1.54, 1.807) is 12.4 Å². The minimum atomic E-state index is -0.217. The van der Waals surface area contributed by atoms with Gasteiger partial charge in [-0.25, -0.2) is 8.78 Å². The van der Waals surface area contributed by atoms with Crippen molar-refractivity contribution >= 4 is 46.4 Å². The zero-order valence-electron chi connectivity index (χ0n) is 54.5. The largest absolute Gasteiger partial charge is 0.260 e. The molecule has 10 aromatic rings. The van der Waals surface area contributed by atoms with Crippen LogP contribution < -0.4 is 0 Å². The normalized spacial score (nSPS) is 12.6. The molecule has 0 aliphatic heterocycles. The molecular formula is C80H91Cl4F2N5. The fourth-order valence-corrected chi connectivity index (χ4v) is 11.6. The molecular weight excluding hydrogens is 1210 g/mol. The van der Waals surface area contributed by atoms with Gasteiger partial charge >= 0.3 is 0 Å². The van der Waals surface area contributed by atoms with Crippen LogP contribution in [0.5, 0.6) is 0 Å². The number of halogens is 6. The molecule has 5 aromatic heterocycles. The number of aromatic nitrogens is 5. The van der Waals surface area contributed by atoms with E-state index >= 15 is 0 Å². The molecule has 0 N–H and O–H groups in total. The van der Waals surface area contributed by atoms with Crippen LogP contribution >= 0.6 is 46.4 Å². The number of pyridine rings is 5. The van der Waals surface area contributed by atoms with Gasteiger partial charge in [0.25, 0.3) is 0 Å². The standard InChI is InChI=1S/C17H21N.C16H18ClN.C16H18FN.C15H15Cl2N.C15H15ClFN.CH4/c1-12(2)17(15-8-5-13(3)6-9-15)16-10-7-14(4)11-18-16;1-11(2)16(13-5-7-14(17)8-6-13)15-9-4-12(3)10-18-15;1-11(2)16(13-7-9-14(17)10-8-13)15-6-4-5-12(3)18-15;1-10(2)15(11-3-5-12(16)6-4-11)14-8-7-13(17)9-18-14;1-10(2)15(11-3-6-13(17)7-4-11)14-8-5-12(16)9-18-14;/h5-12,17H,1-4H3;2*4-11,16H,1-3H3;2*3-10,15H,1-2H3;1H4. The third-order valence-corrected chi connectivity index (χ3v) is 16.5. The van der Waals surface area contributed by atoms with Crippen LogP contribution in [0, 0.1) is 68.9 Å². The molecule has 5 aromatic carbocycles. The molecule has 5 unspecified atom stereocenters. The predicted molar refractivity (Wildman–Crippen MR) is 382 cm³/mol. The van der Waals surface area contributed by atoms with E-state index in [0.717, 1.165) is 49.6 Å². The molecule has 0 saturated heterocycles. The first-order chi connectivity index (χ1) is 42.9. The zero-order valence-corrected chi connectivity index (χ0v) is 57.5. The molecule has 11 heteroatoms. The summed E-state index contributed by atoms with van der Waals surface area (Å²) >= 11 is 23.6. The summed E-state index contributed by atoms with van der Waals surface area (Å²) in [6.07, 6.45) is 7.23. The van der Waals surface area contributed by atoms with Gasteiger partial charge < -0.3 is 0 Å². The van der Waals surface area contributed by atoms with E-state index in [2.05, 4.69) is 188 Å². The van der Waals surface area contributed by atoms with Crippen LogP contribution in [0.1, 0.15) is 185 Å². The van der Waals surface area contributed by atoms with Gasteiger partial charge in [-0.05, 0) is 193 Å². The molecule has 0 aliphatic carbocycles. The molecule has 5 heterocycles. The van der Waals surface area contributed by atoms with Gasteiger partial charge in [0.15, 0.2) is 0 Å². The van der Waals surface area contributed by atoms with Crippen LogP contribution in [0.4, 0.5) is 8.78 Å². The topological polar surface area (TPSA) is 64.5 Å². The Balaban J connectivity index is 0.000000206. The van der Waals surface area contributed by atoms with Crippen molar-refractivity contribution in [3.8, 4) is 0 Å². The van der Waals surface area contributed by atoms with Crippen LogP contribution in [0.2, 0.25) is 20.1 Å². The first kappa shape index (κ1) is 74.6. The maximum Gasteiger partial charge on any atom is 0.123 e. The number of rotatable bonds is 15. The van der Waals surface area contributed by atoms with E-state index in [-0.39, 0.29) is 36.8 Å². The smallest absolute Gasteiger partial charge is 0.123 e. The Morgan fingerprint density at radius 1 is 0.275 bits per heavy atom. The van der Waals surface area contributed by atoms with Gasteiger partial charge in [0.1, 0.15) is 11.6 Å². The summed E-state index contributed by atoms with van der Waals surface area (Å²) in [7, 11) is 0. The van der Waals surface area contributed by atoms with Crippen molar-refractivity contribution in [1.82, 2.24) is 24.9 Å². The van der Waals surface area contributed by atoms with Crippen molar-refractivity contribution < 1.29 is 8.78 Å². The Hall–Kier alpha value is -7.13. The third-order valence-electron chi connectivity index (χ3n) is 15.6. The van der Waals surface area contributed by atoms with Crippen LogP contribution in [-0.2, 0) is 0 Å².